The van der Waals surface area contributed by atoms with Gasteiger partial charge in [-0.25, -0.2) is 0 Å². The molecule has 2 rings (SSSR count). The number of aliphatic hydroxyl groups excluding tert-OH is 1. The van der Waals surface area contributed by atoms with Gasteiger partial charge in [0.15, 0.2) is 0 Å². The van der Waals surface area contributed by atoms with Gasteiger partial charge in [-0.05, 0) is 38.1 Å². The summed E-state index contributed by atoms with van der Waals surface area (Å²) >= 11 is 1.07. The van der Waals surface area contributed by atoms with Crippen LogP contribution in [0.4, 0.5) is 5.69 Å². The molecule has 2 N–H and O–H groups in total. The summed E-state index contributed by atoms with van der Waals surface area (Å²) in [6, 6.07) is 7.61. The van der Waals surface area contributed by atoms with Gasteiger partial charge in [0.1, 0.15) is 24.7 Å². The summed E-state index contributed by atoms with van der Waals surface area (Å²) in [6.07, 6.45) is 1.06. The minimum absolute atomic E-state index is 0.156. The maximum Gasteiger partial charge on any atom is 0.245 e. The molecule has 0 aliphatic carbocycles. The largest absolute Gasteiger partial charge is 0.491 e. The number of benzene rings is 1. The van der Waals surface area contributed by atoms with Crippen molar-refractivity contribution in [3.63, 3.8) is 0 Å². The maximum absolute atomic E-state index is 9.83. The van der Waals surface area contributed by atoms with Crippen LogP contribution < -0.4 is 14.8 Å². The molecule has 0 aliphatic heterocycles. The van der Waals surface area contributed by atoms with E-state index in [4.69, 9.17) is 9.47 Å². The maximum atomic E-state index is 9.83. The molecule has 0 radical (unpaired) electrons. The molecule has 6 nitrogen and oxygen atoms in total. The fraction of sp³-hybridized carbons (Fsp3) is 0.429. The molecule has 1 atom stereocenters. The first kappa shape index (κ1) is 15.5. The second kappa shape index (κ2) is 7.80. The highest BCUT2D eigenvalue weighted by molar-refractivity contribution is 6.99. The van der Waals surface area contributed by atoms with E-state index < -0.39 is 6.10 Å². The molecule has 0 bridgehead atoms. The molecule has 0 spiro atoms. The Bertz CT molecular complexity index is 517. The number of anilines is 1. The van der Waals surface area contributed by atoms with Crippen molar-refractivity contribution in [2.24, 2.45) is 0 Å². The van der Waals surface area contributed by atoms with Gasteiger partial charge in [0.25, 0.3) is 0 Å². The number of rotatable bonds is 8. The number of ether oxygens (including phenoxy) is 2. The Hall–Kier alpha value is -1.86. The standard InChI is InChI=1S/C14H19N3O3S/c1-10(2)20-13-5-3-11(4-6-13)15-7-12(18)9-19-14-8-16-21-17-14/h3-6,8,10,12,15,18H,7,9H2,1-2H3. The molecule has 2 aromatic rings. The lowest BCUT2D eigenvalue weighted by molar-refractivity contribution is 0.115. The molecular weight excluding hydrogens is 290 g/mol. The smallest absolute Gasteiger partial charge is 0.245 e. The first-order chi connectivity index (χ1) is 10.1. The molecule has 1 unspecified atom stereocenters. The van der Waals surface area contributed by atoms with Gasteiger partial charge in [0, 0.05) is 12.2 Å². The van der Waals surface area contributed by atoms with E-state index in [1.54, 1.807) is 0 Å². The molecule has 114 valence electrons. The van der Waals surface area contributed by atoms with Crippen molar-refractivity contribution in [3.8, 4) is 11.6 Å². The van der Waals surface area contributed by atoms with Gasteiger partial charge in [-0.2, -0.15) is 4.37 Å². The van der Waals surface area contributed by atoms with Crippen LogP contribution in [0.1, 0.15) is 13.8 Å². The lowest BCUT2D eigenvalue weighted by Crippen LogP contribution is -2.26. The van der Waals surface area contributed by atoms with Crippen LogP contribution in [-0.4, -0.2) is 39.2 Å². The number of hydrogen-bond donors (Lipinski definition) is 2. The summed E-state index contributed by atoms with van der Waals surface area (Å²) in [5, 5.41) is 13.0. The zero-order valence-corrected chi connectivity index (χ0v) is 12.8. The van der Waals surface area contributed by atoms with E-state index in [2.05, 4.69) is 14.1 Å². The van der Waals surface area contributed by atoms with E-state index in [9.17, 15) is 5.11 Å². The minimum Gasteiger partial charge on any atom is -0.491 e. The Balaban J connectivity index is 1.71. The van der Waals surface area contributed by atoms with Crippen molar-refractivity contribution >= 4 is 17.4 Å². The van der Waals surface area contributed by atoms with Crippen molar-refractivity contribution in [2.45, 2.75) is 26.1 Å². The average molecular weight is 309 g/mol. The quantitative estimate of drug-likeness (QED) is 0.778. The number of nitrogens with one attached hydrogen (secondary N) is 1. The molecular formula is C14H19N3O3S. The highest BCUT2D eigenvalue weighted by Gasteiger charge is 2.06. The highest BCUT2D eigenvalue weighted by Crippen LogP contribution is 2.16. The van der Waals surface area contributed by atoms with Crippen LogP contribution in [0.25, 0.3) is 0 Å². The predicted molar refractivity (Wildman–Crippen MR) is 82.1 cm³/mol. The molecule has 0 amide bonds. The third kappa shape index (κ3) is 5.57. The monoisotopic (exact) mass is 309 g/mol. The fourth-order valence-electron chi connectivity index (χ4n) is 1.62. The molecule has 0 aliphatic rings. The first-order valence-electron chi connectivity index (χ1n) is 6.72. The SMILES string of the molecule is CC(C)Oc1ccc(NCC(O)COc2cnsn2)cc1. The molecule has 0 saturated heterocycles. The number of hydrogen-bond acceptors (Lipinski definition) is 7. The summed E-state index contributed by atoms with van der Waals surface area (Å²) in [6.45, 7) is 4.54. The summed E-state index contributed by atoms with van der Waals surface area (Å²) in [7, 11) is 0. The molecule has 1 aromatic heterocycles. The van der Waals surface area contributed by atoms with Gasteiger partial charge in [0.2, 0.25) is 5.88 Å². The van der Waals surface area contributed by atoms with E-state index in [0.29, 0.717) is 12.4 Å². The Morgan fingerprint density at radius 2 is 2.05 bits per heavy atom. The van der Waals surface area contributed by atoms with Crippen molar-refractivity contribution < 1.29 is 14.6 Å². The number of aromatic nitrogens is 2. The molecule has 1 aromatic carbocycles. The third-order valence-electron chi connectivity index (χ3n) is 2.53. The van der Waals surface area contributed by atoms with Gasteiger partial charge in [0.05, 0.1) is 17.8 Å². The Morgan fingerprint density at radius 1 is 1.29 bits per heavy atom. The van der Waals surface area contributed by atoms with E-state index >= 15 is 0 Å². The van der Waals surface area contributed by atoms with E-state index in [1.165, 1.54) is 6.20 Å². The summed E-state index contributed by atoms with van der Waals surface area (Å²) in [4.78, 5) is 0. The molecule has 1 heterocycles. The highest BCUT2D eigenvalue weighted by atomic mass is 32.1. The van der Waals surface area contributed by atoms with Gasteiger partial charge >= 0.3 is 0 Å². The van der Waals surface area contributed by atoms with Crippen LogP contribution in [0, 0.1) is 0 Å². The van der Waals surface area contributed by atoms with Gasteiger partial charge in [-0.15, -0.1) is 4.37 Å². The van der Waals surface area contributed by atoms with E-state index in [-0.39, 0.29) is 12.7 Å². The Morgan fingerprint density at radius 3 is 2.67 bits per heavy atom. The van der Waals surface area contributed by atoms with Crippen molar-refractivity contribution in [3.05, 3.63) is 30.5 Å². The average Bonchev–Trinajstić information content (AvgIpc) is 2.97. The van der Waals surface area contributed by atoms with Gasteiger partial charge in [-0.3, -0.25) is 0 Å². The van der Waals surface area contributed by atoms with Crippen LogP contribution in [0.3, 0.4) is 0 Å². The fourth-order valence-corrected chi connectivity index (χ4v) is 1.98. The zero-order valence-electron chi connectivity index (χ0n) is 12.0. The Kier molecular flexibility index (Phi) is 5.77. The lowest BCUT2D eigenvalue weighted by Gasteiger charge is -2.14. The van der Waals surface area contributed by atoms with Crippen molar-refractivity contribution in [2.75, 3.05) is 18.5 Å². The second-order valence-corrected chi connectivity index (χ2v) is 5.34. The molecule has 7 heteroatoms. The van der Waals surface area contributed by atoms with Crippen LogP contribution in [0.15, 0.2) is 30.5 Å². The van der Waals surface area contributed by atoms with Gasteiger partial charge in [-0.1, -0.05) is 0 Å². The predicted octanol–water partition coefficient (Wildman–Crippen LogP) is 2.18. The van der Waals surface area contributed by atoms with Crippen LogP contribution in [0.2, 0.25) is 0 Å². The normalized spacial score (nSPS) is 12.2. The van der Waals surface area contributed by atoms with E-state index in [0.717, 1.165) is 23.2 Å². The number of nitrogens with zero attached hydrogens (tertiary/aromatic N) is 2. The minimum atomic E-state index is -0.627. The van der Waals surface area contributed by atoms with Crippen LogP contribution in [0.5, 0.6) is 11.6 Å². The molecule has 21 heavy (non-hydrogen) atoms. The molecule has 0 saturated carbocycles. The second-order valence-electron chi connectivity index (χ2n) is 4.78. The first-order valence-corrected chi connectivity index (χ1v) is 7.45. The lowest BCUT2D eigenvalue weighted by atomic mass is 10.3. The summed E-state index contributed by atoms with van der Waals surface area (Å²) < 4.78 is 18.6. The van der Waals surface area contributed by atoms with Crippen molar-refractivity contribution in [1.82, 2.24) is 8.75 Å². The van der Waals surface area contributed by atoms with Crippen LogP contribution >= 0.6 is 11.7 Å². The van der Waals surface area contributed by atoms with Crippen LogP contribution in [-0.2, 0) is 0 Å². The third-order valence-corrected chi connectivity index (χ3v) is 2.99. The zero-order chi connectivity index (χ0) is 15.1. The van der Waals surface area contributed by atoms with Gasteiger partial charge < -0.3 is 19.9 Å². The topological polar surface area (TPSA) is 76.5 Å². The van der Waals surface area contributed by atoms with Crippen molar-refractivity contribution in [1.29, 1.82) is 0 Å². The van der Waals surface area contributed by atoms with E-state index in [1.807, 2.05) is 38.1 Å². The molecule has 0 fully saturated rings. The summed E-state index contributed by atoms with van der Waals surface area (Å²) in [5.74, 6) is 1.27. The summed E-state index contributed by atoms with van der Waals surface area (Å²) in [5.41, 5.74) is 0.917. The Labute approximate surface area is 128 Å². The number of aliphatic hydroxyl groups is 1.